The second-order valence-corrected chi connectivity index (χ2v) is 3.09. The van der Waals surface area contributed by atoms with Gasteiger partial charge in [0.15, 0.2) is 0 Å². The normalized spacial score (nSPS) is 13.9. The molecule has 0 radical (unpaired) electrons. The van der Waals surface area contributed by atoms with Gasteiger partial charge < -0.3 is 5.32 Å². The molecule has 0 amide bonds. The van der Waals surface area contributed by atoms with Gasteiger partial charge in [-0.15, -0.1) is 12.4 Å². The Labute approximate surface area is 79.9 Å². The van der Waals surface area contributed by atoms with Crippen LogP contribution in [0.15, 0.2) is 16.9 Å². The quantitative estimate of drug-likeness (QED) is 0.695. The lowest BCUT2D eigenvalue weighted by Gasteiger charge is -1.96. The van der Waals surface area contributed by atoms with Crippen molar-refractivity contribution in [3.63, 3.8) is 0 Å². The van der Waals surface area contributed by atoms with Crippen molar-refractivity contribution in [1.29, 1.82) is 0 Å². The van der Waals surface area contributed by atoms with Crippen molar-refractivity contribution in [3.05, 3.63) is 28.0 Å². The van der Waals surface area contributed by atoms with E-state index in [2.05, 4.69) is 32.3 Å². The van der Waals surface area contributed by atoms with Gasteiger partial charge in [-0.1, -0.05) is 0 Å². The Hall–Kier alpha value is -0.120. The first-order valence-electron chi connectivity index (χ1n) is 3.21. The Balaban J connectivity index is 0.000000605. The molecule has 0 saturated carbocycles. The average Bonchev–Trinajstić information content (AvgIpc) is 2.36. The Morgan fingerprint density at radius 2 is 2.27 bits per heavy atom. The molecule has 1 aromatic rings. The fourth-order valence-corrected chi connectivity index (χ4v) is 1.69. The minimum Gasteiger partial charge on any atom is -0.308 e. The Kier molecular flexibility index (Phi) is 2.87. The third-order valence-electron chi connectivity index (χ3n) is 1.72. The summed E-state index contributed by atoms with van der Waals surface area (Å²) in [6.45, 7) is 1.93. The van der Waals surface area contributed by atoms with Gasteiger partial charge in [-0.25, -0.2) is 4.98 Å². The number of aromatic nitrogens is 1. The van der Waals surface area contributed by atoms with Crippen molar-refractivity contribution in [2.75, 3.05) is 0 Å². The molecule has 2 rings (SSSR count). The summed E-state index contributed by atoms with van der Waals surface area (Å²) in [5.74, 6) is 0. The van der Waals surface area contributed by atoms with Crippen LogP contribution in [0.2, 0.25) is 0 Å². The van der Waals surface area contributed by atoms with E-state index >= 15 is 0 Å². The fourth-order valence-electron chi connectivity index (χ4n) is 1.18. The van der Waals surface area contributed by atoms with Gasteiger partial charge >= 0.3 is 0 Å². The summed E-state index contributed by atoms with van der Waals surface area (Å²) in [5.41, 5.74) is 2.67. The van der Waals surface area contributed by atoms with Crippen LogP contribution in [0, 0.1) is 0 Å². The lowest BCUT2D eigenvalue weighted by Crippen LogP contribution is -2.00. The van der Waals surface area contributed by atoms with Crippen LogP contribution in [0.25, 0.3) is 0 Å². The van der Waals surface area contributed by atoms with Crippen LogP contribution >= 0.6 is 28.3 Å². The molecule has 1 aromatic heterocycles. The van der Waals surface area contributed by atoms with Gasteiger partial charge in [-0.2, -0.15) is 0 Å². The zero-order valence-corrected chi connectivity index (χ0v) is 8.20. The van der Waals surface area contributed by atoms with Gasteiger partial charge in [0.25, 0.3) is 0 Å². The minimum absolute atomic E-state index is 0. The number of rotatable bonds is 0. The molecule has 0 aliphatic carbocycles. The molecule has 0 bridgehead atoms. The summed E-state index contributed by atoms with van der Waals surface area (Å²) in [6, 6.07) is 2.06. The molecule has 0 unspecified atom stereocenters. The van der Waals surface area contributed by atoms with Crippen LogP contribution in [-0.4, -0.2) is 4.98 Å². The van der Waals surface area contributed by atoms with Crippen molar-refractivity contribution in [1.82, 2.24) is 10.3 Å². The van der Waals surface area contributed by atoms with Gasteiger partial charge in [0.1, 0.15) is 4.60 Å². The fraction of sp³-hybridized carbons (Fsp3) is 0.286. The van der Waals surface area contributed by atoms with Crippen molar-refractivity contribution in [2.24, 2.45) is 0 Å². The molecule has 0 aromatic carbocycles. The highest BCUT2D eigenvalue weighted by Crippen LogP contribution is 2.21. The smallest absolute Gasteiger partial charge is 0.110 e. The molecule has 1 N–H and O–H groups in total. The zero-order valence-electron chi connectivity index (χ0n) is 5.80. The average molecular weight is 236 g/mol. The molecule has 0 fully saturated rings. The van der Waals surface area contributed by atoms with E-state index in [1.807, 2.05) is 6.20 Å². The molecule has 11 heavy (non-hydrogen) atoms. The zero-order chi connectivity index (χ0) is 6.97. The molecule has 2 nitrogen and oxygen atoms in total. The van der Waals surface area contributed by atoms with E-state index in [9.17, 15) is 0 Å². The predicted molar refractivity (Wildman–Crippen MR) is 49.7 cm³/mol. The number of hydrogen-bond donors (Lipinski definition) is 1. The monoisotopic (exact) mass is 234 g/mol. The Bertz CT molecular complexity index is 265. The largest absolute Gasteiger partial charge is 0.308 e. The topological polar surface area (TPSA) is 24.9 Å². The van der Waals surface area contributed by atoms with Crippen LogP contribution in [0.5, 0.6) is 0 Å². The number of nitrogens with zero attached hydrogens (tertiary/aromatic N) is 1. The van der Waals surface area contributed by atoms with Gasteiger partial charge in [-0.3, -0.25) is 0 Å². The maximum Gasteiger partial charge on any atom is 0.110 e. The number of fused-ring (bicyclic) bond motifs is 1. The van der Waals surface area contributed by atoms with Crippen molar-refractivity contribution < 1.29 is 0 Å². The van der Waals surface area contributed by atoms with Crippen molar-refractivity contribution in [3.8, 4) is 0 Å². The highest BCUT2D eigenvalue weighted by molar-refractivity contribution is 9.10. The SMILES string of the molecule is Brc1nccc2c1CNC2.Cl. The van der Waals surface area contributed by atoms with Crippen LogP contribution in [0.3, 0.4) is 0 Å². The van der Waals surface area contributed by atoms with E-state index < -0.39 is 0 Å². The molecule has 4 heteroatoms. The first kappa shape index (κ1) is 8.97. The van der Waals surface area contributed by atoms with E-state index in [0.717, 1.165) is 17.7 Å². The highest BCUT2D eigenvalue weighted by Gasteiger charge is 2.12. The highest BCUT2D eigenvalue weighted by atomic mass is 79.9. The molecule has 0 spiro atoms. The summed E-state index contributed by atoms with van der Waals surface area (Å²) < 4.78 is 0.981. The van der Waals surface area contributed by atoms with E-state index in [4.69, 9.17) is 0 Å². The summed E-state index contributed by atoms with van der Waals surface area (Å²) in [4.78, 5) is 4.13. The van der Waals surface area contributed by atoms with Crippen LogP contribution in [0.1, 0.15) is 11.1 Å². The molecule has 60 valence electrons. The van der Waals surface area contributed by atoms with Crippen LogP contribution in [-0.2, 0) is 13.1 Å². The van der Waals surface area contributed by atoms with Crippen LogP contribution < -0.4 is 5.32 Å². The standard InChI is InChI=1S/C7H7BrN2.ClH/c8-7-6-4-9-3-5(6)1-2-10-7;/h1-2,9H,3-4H2;1H. The summed E-state index contributed by atoms with van der Waals surface area (Å²) in [5, 5.41) is 3.26. The molecule has 2 heterocycles. The van der Waals surface area contributed by atoms with E-state index in [1.54, 1.807) is 0 Å². The molecule has 1 aliphatic rings. The lowest BCUT2D eigenvalue weighted by molar-refractivity contribution is 0.763. The van der Waals surface area contributed by atoms with Crippen molar-refractivity contribution >= 4 is 28.3 Å². The molecular weight excluding hydrogens is 227 g/mol. The second-order valence-electron chi connectivity index (χ2n) is 2.34. The summed E-state index contributed by atoms with van der Waals surface area (Å²) in [6.07, 6.45) is 1.83. The lowest BCUT2D eigenvalue weighted by atomic mass is 10.2. The first-order valence-corrected chi connectivity index (χ1v) is 4.00. The number of hydrogen-bond acceptors (Lipinski definition) is 2. The molecule has 0 atom stereocenters. The Morgan fingerprint density at radius 1 is 1.45 bits per heavy atom. The minimum atomic E-state index is 0. The molecule has 1 aliphatic heterocycles. The van der Waals surface area contributed by atoms with Crippen molar-refractivity contribution in [2.45, 2.75) is 13.1 Å². The van der Waals surface area contributed by atoms with E-state index in [1.165, 1.54) is 11.1 Å². The Morgan fingerprint density at radius 3 is 3.00 bits per heavy atom. The van der Waals surface area contributed by atoms with E-state index in [0.29, 0.717) is 0 Å². The van der Waals surface area contributed by atoms with Gasteiger partial charge in [0.2, 0.25) is 0 Å². The third kappa shape index (κ3) is 1.55. The molecular formula is C7H8BrClN2. The van der Waals surface area contributed by atoms with Crippen LogP contribution in [0.4, 0.5) is 0 Å². The summed E-state index contributed by atoms with van der Waals surface area (Å²) >= 11 is 3.40. The van der Waals surface area contributed by atoms with E-state index in [-0.39, 0.29) is 12.4 Å². The third-order valence-corrected chi connectivity index (χ3v) is 2.40. The number of nitrogens with one attached hydrogen (secondary N) is 1. The number of pyridine rings is 1. The maximum atomic E-state index is 4.13. The summed E-state index contributed by atoms with van der Waals surface area (Å²) in [7, 11) is 0. The second kappa shape index (κ2) is 3.52. The molecule has 0 saturated heterocycles. The van der Waals surface area contributed by atoms with Gasteiger partial charge in [-0.05, 0) is 27.6 Å². The van der Waals surface area contributed by atoms with Gasteiger partial charge in [0, 0.05) is 24.8 Å². The number of halogens is 2. The van der Waals surface area contributed by atoms with Gasteiger partial charge in [0.05, 0.1) is 0 Å². The first-order chi connectivity index (χ1) is 4.88. The maximum absolute atomic E-state index is 4.13. The predicted octanol–water partition coefficient (Wildman–Crippen LogP) is 1.87.